The van der Waals surface area contributed by atoms with Crippen LogP contribution in [0.1, 0.15) is 51.1 Å². The number of nitrogens with zero attached hydrogens (tertiary/aromatic N) is 4. The summed E-state index contributed by atoms with van der Waals surface area (Å²) in [5.74, 6) is 0.970. The van der Waals surface area contributed by atoms with E-state index in [4.69, 9.17) is 0 Å². The first-order valence-corrected chi connectivity index (χ1v) is 8.68. The Morgan fingerprint density at radius 2 is 2.00 bits per heavy atom. The Hall–Kier alpha value is -0.940. The minimum Gasteiger partial charge on any atom is -0.308 e. The number of piperidine rings is 1. The molecule has 21 heavy (non-hydrogen) atoms. The van der Waals surface area contributed by atoms with Crippen LogP contribution in [0, 0.1) is 5.92 Å². The summed E-state index contributed by atoms with van der Waals surface area (Å²) >= 11 is 0. The van der Waals surface area contributed by atoms with Gasteiger partial charge in [-0.05, 0) is 44.7 Å². The van der Waals surface area contributed by atoms with Crippen LogP contribution in [0.2, 0.25) is 0 Å². The summed E-state index contributed by atoms with van der Waals surface area (Å²) in [7, 11) is 0. The number of aromatic nitrogens is 3. The van der Waals surface area contributed by atoms with Crippen molar-refractivity contribution >= 4 is 0 Å². The fraction of sp³-hybridized carbons (Fsp3) is 0.875. The summed E-state index contributed by atoms with van der Waals surface area (Å²) in [6.07, 6.45) is 10.2. The maximum absolute atomic E-state index is 4.25. The second kappa shape index (κ2) is 7.36. The van der Waals surface area contributed by atoms with Crippen molar-refractivity contribution in [3.63, 3.8) is 0 Å². The molecule has 1 N–H and O–H groups in total. The first-order chi connectivity index (χ1) is 10.3. The zero-order chi connectivity index (χ0) is 14.5. The molecule has 2 heterocycles. The molecule has 1 saturated carbocycles. The number of hydrogen-bond donors (Lipinski definition) is 1. The van der Waals surface area contributed by atoms with E-state index in [9.17, 15) is 0 Å². The maximum atomic E-state index is 4.25. The van der Waals surface area contributed by atoms with Gasteiger partial charge in [-0.1, -0.05) is 25.0 Å². The van der Waals surface area contributed by atoms with Crippen LogP contribution >= 0.6 is 0 Å². The van der Waals surface area contributed by atoms with Gasteiger partial charge in [0.25, 0.3) is 0 Å². The van der Waals surface area contributed by atoms with Gasteiger partial charge in [0, 0.05) is 25.3 Å². The fourth-order valence-electron chi connectivity index (χ4n) is 3.22. The highest BCUT2D eigenvalue weighted by Gasteiger charge is 2.21. The summed E-state index contributed by atoms with van der Waals surface area (Å²) < 4.78 is 2.00. The van der Waals surface area contributed by atoms with E-state index in [-0.39, 0.29) is 0 Å². The minimum atomic E-state index is 0.736. The molecule has 1 saturated heterocycles. The van der Waals surface area contributed by atoms with E-state index in [1.807, 2.05) is 4.68 Å². The highest BCUT2D eigenvalue weighted by molar-refractivity contribution is 4.94. The molecule has 1 aromatic heterocycles. The van der Waals surface area contributed by atoms with Gasteiger partial charge in [-0.2, -0.15) is 0 Å². The first kappa shape index (κ1) is 15.0. The van der Waals surface area contributed by atoms with Crippen LogP contribution in [0.3, 0.4) is 0 Å². The number of nitrogens with one attached hydrogen (secondary N) is 1. The van der Waals surface area contributed by atoms with Crippen LogP contribution in [-0.4, -0.2) is 45.6 Å². The molecule has 3 rings (SSSR count). The molecule has 1 aliphatic heterocycles. The van der Waals surface area contributed by atoms with Gasteiger partial charge in [0.2, 0.25) is 0 Å². The van der Waals surface area contributed by atoms with E-state index in [2.05, 4.69) is 33.6 Å². The molecule has 2 aliphatic rings. The lowest BCUT2D eigenvalue weighted by Gasteiger charge is -2.31. The third-order valence-electron chi connectivity index (χ3n) is 4.78. The lowest BCUT2D eigenvalue weighted by Crippen LogP contribution is -2.35. The van der Waals surface area contributed by atoms with Gasteiger partial charge in [0.1, 0.15) is 0 Å². The smallest absolute Gasteiger partial charge is 0.0964 e. The number of hydrogen-bond acceptors (Lipinski definition) is 4. The van der Waals surface area contributed by atoms with Crippen molar-refractivity contribution in [3.05, 3.63) is 11.9 Å². The van der Waals surface area contributed by atoms with Gasteiger partial charge in [-0.3, -0.25) is 4.68 Å². The molecule has 1 aromatic rings. The third kappa shape index (κ3) is 4.78. The van der Waals surface area contributed by atoms with E-state index in [1.165, 1.54) is 51.6 Å². The molecule has 118 valence electrons. The van der Waals surface area contributed by atoms with Crippen LogP contribution in [0.25, 0.3) is 0 Å². The quantitative estimate of drug-likeness (QED) is 0.796. The van der Waals surface area contributed by atoms with Gasteiger partial charge >= 0.3 is 0 Å². The van der Waals surface area contributed by atoms with Crippen molar-refractivity contribution in [2.45, 2.75) is 64.6 Å². The predicted molar refractivity (Wildman–Crippen MR) is 84.0 cm³/mol. The molecule has 2 fully saturated rings. The van der Waals surface area contributed by atoms with Gasteiger partial charge in [-0.25, -0.2) is 0 Å². The molecule has 5 heteroatoms. The van der Waals surface area contributed by atoms with Crippen LogP contribution < -0.4 is 5.32 Å². The molecule has 1 aliphatic carbocycles. The van der Waals surface area contributed by atoms with Crippen molar-refractivity contribution in [1.29, 1.82) is 0 Å². The van der Waals surface area contributed by atoms with Crippen LogP contribution in [0.4, 0.5) is 0 Å². The van der Waals surface area contributed by atoms with E-state index >= 15 is 0 Å². The van der Waals surface area contributed by atoms with E-state index in [0.29, 0.717) is 0 Å². The molecule has 0 bridgehead atoms. The van der Waals surface area contributed by atoms with Gasteiger partial charge in [0.05, 0.1) is 12.2 Å². The topological polar surface area (TPSA) is 46.0 Å². The first-order valence-electron chi connectivity index (χ1n) is 8.68. The molecule has 0 atom stereocenters. The standard InChI is InChI=1S/C16H29N5/c1-2-3-14-6-8-20(9-7-14)10-11-21-13-16(18-19-21)12-17-15-4-5-15/h13-15,17H,2-12H2,1H3. The molecular weight excluding hydrogens is 262 g/mol. The largest absolute Gasteiger partial charge is 0.308 e. The summed E-state index contributed by atoms with van der Waals surface area (Å²) in [6.45, 7) is 7.76. The van der Waals surface area contributed by atoms with Crippen molar-refractivity contribution < 1.29 is 0 Å². The van der Waals surface area contributed by atoms with Gasteiger partial charge < -0.3 is 10.2 Å². The van der Waals surface area contributed by atoms with Crippen molar-refractivity contribution in [2.75, 3.05) is 19.6 Å². The Balaban J connectivity index is 1.35. The summed E-state index contributed by atoms with van der Waals surface area (Å²) in [5.41, 5.74) is 1.07. The number of rotatable bonds is 8. The van der Waals surface area contributed by atoms with E-state index in [0.717, 1.165) is 37.3 Å². The van der Waals surface area contributed by atoms with Gasteiger partial charge in [0.15, 0.2) is 0 Å². The van der Waals surface area contributed by atoms with Crippen LogP contribution in [-0.2, 0) is 13.1 Å². The normalized spacial score (nSPS) is 21.0. The zero-order valence-corrected chi connectivity index (χ0v) is 13.3. The Morgan fingerprint density at radius 1 is 1.19 bits per heavy atom. The lowest BCUT2D eigenvalue weighted by atomic mass is 9.92. The van der Waals surface area contributed by atoms with Crippen LogP contribution in [0.15, 0.2) is 6.20 Å². The Morgan fingerprint density at radius 3 is 2.71 bits per heavy atom. The molecule has 0 spiro atoms. The minimum absolute atomic E-state index is 0.736. The average Bonchev–Trinajstić information content (AvgIpc) is 3.23. The second-order valence-corrected chi connectivity index (χ2v) is 6.70. The molecule has 0 unspecified atom stereocenters. The van der Waals surface area contributed by atoms with Crippen LogP contribution in [0.5, 0.6) is 0 Å². The monoisotopic (exact) mass is 291 g/mol. The van der Waals surface area contributed by atoms with E-state index < -0.39 is 0 Å². The second-order valence-electron chi connectivity index (χ2n) is 6.70. The highest BCUT2D eigenvalue weighted by Crippen LogP contribution is 2.21. The fourth-order valence-corrected chi connectivity index (χ4v) is 3.22. The average molecular weight is 291 g/mol. The molecule has 0 radical (unpaired) electrons. The zero-order valence-electron chi connectivity index (χ0n) is 13.3. The van der Waals surface area contributed by atoms with Crippen molar-refractivity contribution in [2.24, 2.45) is 5.92 Å². The Labute approximate surface area is 128 Å². The maximum Gasteiger partial charge on any atom is 0.0964 e. The predicted octanol–water partition coefficient (Wildman–Crippen LogP) is 2.04. The molecule has 0 amide bonds. The van der Waals surface area contributed by atoms with Crippen molar-refractivity contribution in [3.8, 4) is 0 Å². The Kier molecular flexibility index (Phi) is 5.25. The Bertz CT molecular complexity index is 418. The lowest BCUT2D eigenvalue weighted by molar-refractivity contribution is 0.171. The number of likely N-dealkylation sites (tertiary alicyclic amines) is 1. The van der Waals surface area contributed by atoms with Gasteiger partial charge in [-0.15, -0.1) is 5.10 Å². The third-order valence-corrected chi connectivity index (χ3v) is 4.78. The van der Waals surface area contributed by atoms with E-state index in [1.54, 1.807) is 0 Å². The molecule has 0 aromatic carbocycles. The summed E-state index contributed by atoms with van der Waals surface area (Å²) in [4.78, 5) is 2.58. The molecular formula is C16H29N5. The highest BCUT2D eigenvalue weighted by atomic mass is 15.4. The summed E-state index contributed by atoms with van der Waals surface area (Å²) in [5, 5.41) is 12.0. The summed E-state index contributed by atoms with van der Waals surface area (Å²) in [6, 6.07) is 0.736. The SMILES string of the molecule is CCCC1CCN(CCn2cc(CNC3CC3)nn2)CC1. The molecule has 5 nitrogen and oxygen atoms in total. The van der Waals surface area contributed by atoms with Crippen molar-refractivity contribution in [1.82, 2.24) is 25.2 Å².